The second-order valence-corrected chi connectivity index (χ2v) is 4.05. The van der Waals surface area contributed by atoms with Crippen LogP contribution < -0.4 is 0 Å². The summed E-state index contributed by atoms with van der Waals surface area (Å²) in [7, 11) is 0. The van der Waals surface area contributed by atoms with E-state index in [2.05, 4.69) is 24.3 Å². The van der Waals surface area contributed by atoms with Crippen molar-refractivity contribution in [1.29, 1.82) is 0 Å². The molecule has 1 aliphatic heterocycles. The number of ether oxygens (including phenoxy) is 1. The molecule has 70 valence electrons. The Hall–Kier alpha value is -1.21. The summed E-state index contributed by atoms with van der Waals surface area (Å²) in [5, 5.41) is 0.814. The van der Waals surface area contributed by atoms with E-state index in [0.717, 1.165) is 10.8 Å². The van der Waals surface area contributed by atoms with Crippen molar-refractivity contribution >= 4 is 11.6 Å². The lowest BCUT2D eigenvalue weighted by atomic mass is 9.79. The molecule has 2 heteroatoms. The summed E-state index contributed by atoms with van der Waals surface area (Å²) in [6.07, 6.45) is 14.1. The number of halogens is 1. The Labute approximate surface area is 87.7 Å². The maximum absolute atomic E-state index is 5.99. The average Bonchev–Trinajstić information content (AvgIpc) is 2.65. The van der Waals surface area contributed by atoms with Gasteiger partial charge in [-0.05, 0) is 23.8 Å². The third-order valence-electron chi connectivity index (χ3n) is 2.80. The molecule has 1 nitrogen and oxygen atoms in total. The molecule has 0 aromatic heterocycles. The van der Waals surface area contributed by atoms with Crippen LogP contribution in [0.4, 0.5) is 0 Å². The first-order valence-corrected chi connectivity index (χ1v) is 5.03. The normalized spacial score (nSPS) is 32.5. The zero-order chi connectivity index (χ0) is 9.54. The van der Waals surface area contributed by atoms with Gasteiger partial charge in [-0.1, -0.05) is 29.8 Å². The van der Waals surface area contributed by atoms with Crippen LogP contribution in [0.25, 0.3) is 0 Å². The van der Waals surface area contributed by atoms with Crippen molar-refractivity contribution in [2.45, 2.75) is 0 Å². The highest BCUT2D eigenvalue weighted by Crippen LogP contribution is 2.40. The molecule has 1 heterocycles. The molecule has 0 fully saturated rings. The summed E-state index contributed by atoms with van der Waals surface area (Å²) in [5.74, 6) is 1.72. The molecule has 3 aliphatic rings. The van der Waals surface area contributed by atoms with Gasteiger partial charge in [0.2, 0.25) is 0 Å². The first kappa shape index (κ1) is 8.13. The Morgan fingerprint density at radius 1 is 1.14 bits per heavy atom. The van der Waals surface area contributed by atoms with Gasteiger partial charge in [0.25, 0.3) is 0 Å². The minimum absolute atomic E-state index is 0.341. The van der Waals surface area contributed by atoms with E-state index in [4.69, 9.17) is 16.3 Å². The topological polar surface area (TPSA) is 9.23 Å². The van der Waals surface area contributed by atoms with E-state index in [1.165, 1.54) is 5.57 Å². The zero-order valence-corrected chi connectivity index (χ0v) is 8.24. The van der Waals surface area contributed by atoms with Crippen LogP contribution in [0.2, 0.25) is 0 Å². The molecule has 0 saturated heterocycles. The van der Waals surface area contributed by atoms with Crippen molar-refractivity contribution in [3.8, 4) is 0 Å². The van der Waals surface area contributed by atoms with E-state index in [0.29, 0.717) is 11.8 Å². The minimum atomic E-state index is 0.341. The Kier molecular flexibility index (Phi) is 1.68. The molecule has 0 radical (unpaired) electrons. The summed E-state index contributed by atoms with van der Waals surface area (Å²) < 4.78 is 5.38. The van der Waals surface area contributed by atoms with Crippen LogP contribution in [0, 0.1) is 11.8 Å². The predicted molar refractivity (Wildman–Crippen MR) is 56.4 cm³/mol. The van der Waals surface area contributed by atoms with Gasteiger partial charge in [0.15, 0.2) is 0 Å². The van der Waals surface area contributed by atoms with Crippen LogP contribution in [0.3, 0.4) is 0 Å². The average molecular weight is 205 g/mol. The predicted octanol–water partition coefficient (Wildman–Crippen LogP) is 3.28. The first-order valence-electron chi connectivity index (χ1n) is 4.65. The van der Waals surface area contributed by atoms with E-state index in [1.807, 2.05) is 12.2 Å². The molecule has 0 amide bonds. The molecule has 0 bridgehead atoms. The fraction of sp³-hybridized carbons (Fsp3) is 0.167. The molecule has 2 atom stereocenters. The van der Waals surface area contributed by atoms with Gasteiger partial charge in [-0.25, -0.2) is 0 Å². The Morgan fingerprint density at radius 2 is 2.07 bits per heavy atom. The largest absolute Gasteiger partial charge is 0.469 e. The van der Waals surface area contributed by atoms with Crippen molar-refractivity contribution < 1.29 is 4.74 Å². The van der Waals surface area contributed by atoms with Crippen LogP contribution in [0.5, 0.6) is 0 Å². The van der Waals surface area contributed by atoms with Crippen molar-refractivity contribution in [3.63, 3.8) is 0 Å². The molecule has 0 saturated carbocycles. The van der Waals surface area contributed by atoms with Gasteiger partial charge in [0, 0.05) is 16.9 Å². The number of hydrogen-bond donors (Lipinski definition) is 0. The van der Waals surface area contributed by atoms with Crippen LogP contribution in [-0.2, 0) is 4.74 Å². The van der Waals surface area contributed by atoms with Gasteiger partial charge in [-0.3, -0.25) is 0 Å². The van der Waals surface area contributed by atoms with Crippen LogP contribution in [0.1, 0.15) is 0 Å². The Morgan fingerprint density at radius 3 is 3.00 bits per heavy atom. The molecule has 3 rings (SSSR count). The monoisotopic (exact) mass is 204 g/mol. The first-order chi connectivity index (χ1) is 6.84. The summed E-state index contributed by atoms with van der Waals surface area (Å²) in [6, 6.07) is 0. The highest BCUT2D eigenvalue weighted by molar-refractivity contribution is 6.31. The molecule has 14 heavy (non-hydrogen) atoms. The molecular weight excluding hydrogens is 196 g/mol. The molecule has 0 aromatic carbocycles. The summed E-state index contributed by atoms with van der Waals surface area (Å²) in [4.78, 5) is 0. The van der Waals surface area contributed by atoms with Gasteiger partial charge in [0.05, 0.1) is 6.26 Å². The highest BCUT2D eigenvalue weighted by Gasteiger charge is 2.31. The van der Waals surface area contributed by atoms with Gasteiger partial charge in [-0.15, -0.1) is 0 Å². The standard InChI is InChI=1S/C12H9ClO/c13-9-3-1-8-2-4-12-10(5-6-14-12)11(8)7-9/h1-7,10-11H/t10-,11+/m1/s1. The van der Waals surface area contributed by atoms with Gasteiger partial charge >= 0.3 is 0 Å². The van der Waals surface area contributed by atoms with Gasteiger partial charge in [-0.2, -0.15) is 0 Å². The lowest BCUT2D eigenvalue weighted by Crippen LogP contribution is -2.17. The van der Waals surface area contributed by atoms with Crippen molar-refractivity contribution in [2.24, 2.45) is 11.8 Å². The number of hydrogen-bond acceptors (Lipinski definition) is 1. The quantitative estimate of drug-likeness (QED) is 0.589. The highest BCUT2D eigenvalue weighted by atomic mass is 35.5. The van der Waals surface area contributed by atoms with Crippen LogP contribution in [-0.4, -0.2) is 0 Å². The summed E-state index contributed by atoms with van der Waals surface area (Å²) in [5.41, 5.74) is 1.30. The SMILES string of the molecule is ClC1=C[C@H]2C(=CC=C3OC=C[C@@H]32)C=C1. The third-order valence-corrected chi connectivity index (χ3v) is 3.06. The Balaban J connectivity index is 2.06. The van der Waals surface area contributed by atoms with Crippen molar-refractivity contribution in [1.82, 2.24) is 0 Å². The van der Waals surface area contributed by atoms with Gasteiger partial charge < -0.3 is 4.74 Å². The minimum Gasteiger partial charge on any atom is -0.469 e. The molecule has 0 spiro atoms. The molecule has 0 aromatic rings. The van der Waals surface area contributed by atoms with Crippen LogP contribution in [0.15, 0.2) is 59.1 Å². The second-order valence-electron chi connectivity index (χ2n) is 3.62. The third kappa shape index (κ3) is 1.09. The molecular formula is C12H9ClO. The maximum Gasteiger partial charge on any atom is 0.111 e. The number of allylic oxidation sites excluding steroid dienone is 8. The van der Waals surface area contributed by atoms with E-state index < -0.39 is 0 Å². The fourth-order valence-electron chi connectivity index (χ4n) is 2.09. The lowest BCUT2D eigenvalue weighted by Gasteiger charge is -2.26. The smallest absolute Gasteiger partial charge is 0.111 e. The van der Waals surface area contributed by atoms with E-state index in [-0.39, 0.29) is 0 Å². The molecule has 0 N–H and O–H groups in total. The zero-order valence-electron chi connectivity index (χ0n) is 7.48. The second kappa shape index (κ2) is 2.89. The van der Waals surface area contributed by atoms with Gasteiger partial charge in [0.1, 0.15) is 5.76 Å². The Bertz CT molecular complexity index is 424. The van der Waals surface area contributed by atoms with Crippen molar-refractivity contribution in [3.05, 3.63) is 59.1 Å². The number of fused-ring (bicyclic) bond motifs is 3. The molecule has 2 aliphatic carbocycles. The van der Waals surface area contributed by atoms with E-state index >= 15 is 0 Å². The summed E-state index contributed by atoms with van der Waals surface area (Å²) in [6.45, 7) is 0. The molecule has 0 unspecified atom stereocenters. The van der Waals surface area contributed by atoms with E-state index in [9.17, 15) is 0 Å². The fourth-order valence-corrected chi connectivity index (χ4v) is 2.29. The van der Waals surface area contributed by atoms with E-state index in [1.54, 1.807) is 6.26 Å². The van der Waals surface area contributed by atoms with Crippen molar-refractivity contribution in [2.75, 3.05) is 0 Å². The lowest BCUT2D eigenvalue weighted by molar-refractivity contribution is 0.327. The number of rotatable bonds is 0. The maximum atomic E-state index is 5.99. The summed E-state index contributed by atoms with van der Waals surface area (Å²) >= 11 is 5.99. The van der Waals surface area contributed by atoms with Crippen LogP contribution >= 0.6 is 11.6 Å².